The van der Waals surface area contributed by atoms with Crippen molar-refractivity contribution >= 4 is 22.5 Å². The van der Waals surface area contributed by atoms with Crippen molar-refractivity contribution in [2.45, 2.75) is 19.8 Å². The van der Waals surface area contributed by atoms with Crippen molar-refractivity contribution in [3.8, 4) is 0 Å². The summed E-state index contributed by atoms with van der Waals surface area (Å²) in [5.74, 6) is -1.83. The lowest BCUT2D eigenvalue weighted by molar-refractivity contribution is 0.515. The minimum Gasteiger partial charge on any atom is -0.250 e. The van der Waals surface area contributed by atoms with Gasteiger partial charge >= 0.3 is 0 Å². The van der Waals surface area contributed by atoms with Crippen LogP contribution in [0.2, 0.25) is 5.02 Å². The summed E-state index contributed by atoms with van der Waals surface area (Å²) in [5.41, 5.74) is 0.695. The minimum atomic E-state index is -0.933. The van der Waals surface area contributed by atoms with Crippen LogP contribution in [0.25, 0.3) is 10.9 Å². The van der Waals surface area contributed by atoms with Gasteiger partial charge in [0.2, 0.25) is 0 Å². The number of hydrogen-bond acceptors (Lipinski definition) is 1. The number of halogens is 3. The molecule has 4 heteroatoms. The van der Waals surface area contributed by atoms with Crippen molar-refractivity contribution in [3.63, 3.8) is 0 Å². The third-order valence-corrected chi connectivity index (χ3v) is 2.69. The third kappa shape index (κ3) is 1.87. The molecule has 0 N–H and O–H groups in total. The normalized spacial score (nSPS) is 11.0. The summed E-state index contributed by atoms with van der Waals surface area (Å²) < 4.78 is 26.5. The molecule has 1 heterocycles. The molecule has 0 saturated heterocycles. The second-order valence-corrected chi connectivity index (χ2v) is 4.01. The second kappa shape index (κ2) is 4.34. The molecule has 16 heavy (non-hydrogen) atoms. The first-order chi connectivity index (χ1) is 7.63. The summed E-state index contributed by atoms with van der Waals surface area (Å²) in [5, 5.41) is 0.854. The Labute approximate surface area is 97.1 Å². The van der Waals surface area contributed by atoms with E-state index in [1.807, 2.05) is 6.92 Å². The Morgan fingerprint density at radius 2 is 2.06 bits per heavy atom. The van der Waals surface area contributed by atoms with Gasteiger partial charge in [-0.15, -0.1) is 0 Å². The highest BCUT2D eigenvalue weighted by Crippen LogP contribution is 2.26. The molecule has 0 amide bonds. The fourth-order valence-electron chi connectivity index (χ4n) is 1.63. The highest BCUT2D eigenvalue weighted by atomic mass is 35.5. The number of nitrogens with zero attached hydrogens (tertiary/aromatic N) is 1. The van der Waals surface area contributed by atoms with Crippen LogP contribution >= 0.6 is 11.6 Å². The van der Waals surface area contributed by atoms with Crippen molar-refractivity contribution in [3.05, 3.63) is 40.6 Å². The van der Waals surface area contributed by atoms with E-state index in [0.29, 0.717) is 22.5 Å². The fourth-order valence-corrected chi connectivity index (χ4v) is 1.90. The van der Waals surface area contributed by atoms with Crippen LogP contribution < -0.4 is 0 Å². The summed E-state index contributed by atoms with van der Waals surface area (Å²) >= 11 is 5.99. The van der Waals surface area contributed by atoms with E-state index < -0.39 is 11.6 Å². The van der Waals surface area contributed by atoms with Gasteiger partial charge in [-0.3, -0.25) is 0 Å². The van der Waals surface area contributed by atoms with Crippen molar-refractivity contribution in [2.24, 2.45) is 0 Å². The molecular weight excluding hydrogens is 232 g/mol. The number of aryl methyl sites for hydroxylation is 1. The van der Waals surface area contributed by atoms with Gasteiger partial charge in [-0.25, -0.2) is 13.8 Å². The van der Waals surface area contributed by atoms with Crippen LogP contribution in [0.15, 0.2) is 18.2 Å². The molecule has 0 bridgehead atoms. The largest absolute Gasteiger partial charge is 0.250 e. The first-order valence-corrected chi connectivity index (χ1v) is 5.44. The molecule has 0 unspecified atom stereocenters. The number of pyridine rings is 1. The molecule has 0 atom stereocenters. The Kier molecular flexibility index (Phi) is 3.06. The van der Waals surface area contributed by atoms with Crippen molar-refractivity contribution in [1.82, 2.24) is 4.98 Å². The first kappa shape index (κ1) is 11.3. The van der Waals surface area contributed by atoms with E-state index in [4.69, 9.17) is 11.6 Å². The van der Waals surface area contributed by atoms with E-state index in [-0.39, 0.29) is 5.52 Å². The third-order valence-electron chi connectivity index (χ3n) is 2.38. The first-order valence-electron chi connectivity index (χ1n) is 5.06. The van der Waals surface area contributed by atoms with E-state index in [0.717, 1.165) is 12.5 Å². The zero-order chi connectivity index (χ0) is 11.7. The summed E-state index contributed by atoms with van der Waals surface area (Å²) in [6.07, 6.45) is 1.58. The molecule has 0 saturated carbocycles. The standard InChI is InChI=1S/C12H10ClF2N/c1-2-3-7-6-9(13)8-4-5-10(14)11(15)12(8)16-7/h4-6H,2-3H2,1H3. The van der Waals surface area contributed by atoms with Crippen LogP contribution in [-0.2, 0) is 6.42 Å². The predicted molar refractivity (Wildman–Crippen MR) is 60.7 cm³/mol. The van der Waals surface area contributed by atoms with Crippen LogP contribution in [-0.4, -0.2) is 4.98 Å². The molecule has 2 aromatic rings. The summed E-state index contributed by atoms with van der Waals surface area (Å²) in [6, 6.07) is 4.20. The Hall–Kier alpha value is -1.22. The number of rotatable bonds is 2. The molecule has 0 spiro atoms. The number of hydrogen-bond donors (Lipinski definition) is 0. The minimum absolute atomic E-state index is 0.0101. The lowest BCUT2D eigenvalue weighted by Gasteiger charge is -2.05. The van der Waals surface area contributed by atoms with Gasteiger partial charge in [0, 0.05) is 11.1 Å². The summed E-state index contributed by atoms with van der Waals surface area (Å²) in [4.78, 5) is 4.09. The predicted octanol–water partition coefficient (Wildman–Crippen LogP) is 4.12. The van der Waals surface area contributed by atoms with Gasteiger partial charge in [-0.05, 0) is 24.6 Å². The van der Waals surface area contributed by atoms with Crippen molar-refractivity contribution < 1.29 is 8.78 Å². The molecule has 0 radical (unpaired) electrons. The Balaban J connectivity index is 2.73. The molecule has 1 aromatic carbocycles. The number of benzene rings is 1. The van der Waals surface area contributed by atoms with Crippen LogP contribution in [0.3, 0.4) is 0 Å². The van der Waals surface area contributed by atoms with E-state index in [1.165, 1.54) is 6.07 Å². The van der Waals surface area contributed by atoms with Crippen LogP contribution in [0.4, 0.5) is 8.78 Å². The molecule has 2 rings (SSSR count). The molecule has 1 nitrogen and oxygen atoms in total. The SMILES string of the molecule is CCCc1cc(Cl)c2ccc(F)c(F)c2n1. The van der Waals surface area contributed by atoms with Crippen LogP contribution in [0, 0.1) is 11.6 Å². The highest BCUT2D eigenvalue weighted by molar-refractivity contribution is 6.35. The molecule has 84 valence electrons. The van der Waals surface area contributed by atoms with Gasteiger partial charge in [0.25, 0.3) is 0 Å². The smallest absolute Gasteiger partial charge is 0.185 e. The topological polar surface area (TPSA) is 12.9 Å². The van der Waals surface area contributed by atoms with Gasteiger partial charge in [-0.2, -0.15) is 0 Å². The average molecular weight is 242 g/mol. The second-order valence-electron chi connectivity index (χ2n) is 3.60. The lowest BCUT2D eigenvalue weighted by atomic mass is 10.1. The number of fused-ring (bicyclic) bond motifs is 1. The van der Waals surface area contributed by atoms with Crippen molar-refractivity contribution in [2.75, 3.05) is 0 Å². The molecule has 0 aliphatic rings. The Bertz CT molecular complexity index is 540. The molecular formula is C12H10ClF2N. The summed E-state index contributed by atoms with van der Waals surface area (Å²) in [6.45, 7) is 1.99. The van der Waals surface area contributed by atoms with Crippen LogP contribution in [0.1, 0.15) is 19.0 Å². The van der Waals surface area contributed by atoms with Gasteiger partial charge in [0.05, 0.1) is 5.02 Å². The maximum atomic E-state index is 13.5. The molecule has 0 fully saturated rings. The molecule has 0 aliphatic heterocycles. The van der Waals surface area contributed by atoms with E-state index in [1.54, 1.807) is 6.07 Å². The zero-order valence-corrected chi connectivity index (χ0v) is 9.48. The Morgan fingerprint density at radius 3 is 2.75 bits per heavy atom. The lowest BCUT2D eigenvalue weighted by Crippen LogP contribution is -1.95. The molecule has 0 aliphatic carbocycles. The van der Waals surface area contributed by atoms with Gasteiger partial charge in [0.1, 0.15) is 5.52 Å². The maximum absolute atomic E-state index is 13.5. The quantitative estimate of drug-likeness (QED) is 0.771. The van der Waals surface area contributed by atoms with Crippen LogP contribution in [0.5, 0.6) is 0 Å². The molecule has 1 aromatic heterocycles. The zero-order valence-electron chi connectivity index (χ0n) is 8.73. The fraction of sp³-hybridized carbons (Fsp3) is 0.250. The van der Waals surface area contributed by atoms with E-state index in [2.05, 4.69) is 4.98 Å². The van der Waals surface area contributed by atoms with Gasteiger partial charge < -0.3 is 0 Å². The van der Waals surface area contributed by atoms with Gasteiger partial charge in [0.15, 0.2) is 11.6 Å². The van der Waals surface area contributed by atoms with E-state index in [9.17, 15) is 8.78 Å². The van der Waals surface area contributed by atoms with E-state index >= 15 is 0 Å². The average Bonchev–Trinajstić information content (AvgIpc) is 2.25. The monoisotopic (exact) mass is 241 g/mol. The van der Waals surface area contributed by atoms with Gasteiger partial charge in [-0.1, -0.05) is 24.9 Å². The maximum Gasteiger partial charge on any atom is 0.185 e. The summed E-state index contributed by atoms with van der Waals surface area (Å²) in [7, 11) is 0. The number of aromatic nitrogens is 1. The highest BCUT2D eigenvalue weighted by Gasteiger charge is 2.11. The van der Waals surface area contributed by atoms with Crippen molar-refractivity contribution in [1.29, 1.82) is 0 Å². The Morgan fingerprint density at radius 1 is 1.31 bits per heavy atom.